The van der Waals surface area contributed by atoms with E-state index in [4.69, 9.17) is 5.11 Å². The van der Waals surface area contributed by atoms with Crippen molar-refractivity contribution in [2.24, 2.45) is 0 Å². The first-order chi connectivity index (χ1) is 5.56. The Morgan fingerprint density at radius 1 is 1.00 bits per heavy atom. The average molecular weight is 206 g/mol. The van der Waals surface area contributed by atoms with Crippen molar-refractivity contribution in [2.45, 2.75) is 18.0 Å². The predicted molar refractivity (Wildman–Crippen MR) is 30.8 cm³/mol. The fraction of sp³-hybridized carbons (Fsp3) is 0.500. The molecule has 0 amide bonds. The van der Waals surface area contributed by atoms with Gasteiger partial charge < -0.3 is 5.11 Å². The van der Waals surface area contributed by atoms with Gasteiger partial charge in [-0.2, -0.15) is 26.3 Å². The van der Waals surface area contributed by atoms with Gasteiger partial charge >= 0.3 is 12.4 Å². The molecule has 0 aromatic carbocycles. The maximum absolute atomic E-state index is 11.7. The fourth-order valence-corrected chi connectivity index (χ4v) is 0.472. The Labute approximate surface area is 69.0 Å². The van der Waals surface area contributed by atoms with Crippen LogP contribution in [0.4, 0.5) is 26.3 Å². The highest BCUT2D eigenvalue weighted by Gasteiger charge is 2.69. The molecule has 0 aromatic rings. The van der Waals surface area contributed by atoms with Crippen LogP contribution in [0.15, 0.2) is 18.4 Å². The van der Waals surface area contributed by atoms with Crippen LogP contribution in [0.3, 0.4) is 0 Å². The number of aliphatic hydroxyl groups is 1. The van der Waals surface area contributed by atoms with Gasteiger partial charge in [0.2, 0.25) is 0 Å². The normalized spacial score (nSPS) is 13.8. The predicted octanol–water partition coefficient (Wildman–Crippen LogP) is 2.18. The first kappa shape index (κ1) is 12.1. The van der Waals surface area contributed by atoms with Crippen molar-refractivity contribution >= 4 is 0 Å². The molecule has 0 aliphatic heterocycles. The van der Waals surface area contributed by atoms with Gasteiger partial charge in [0.05, 0.1) is 0 Å². The summed E-state index contributed by atoms with van der Waals surface area (Å²) in [7, 11) is 0. The van der Waals surface area contributed by atoms with E-state index in [1.54, 1.807) is 0 Å². The van der Waals surface area contributed by atoms with E-state index in [0.29, 0.717) is 0 Å². The lowest BCUT2D eigenvalue weighted by atomic mass is 10.0. The average Bonchev–Trinajstić information content (AvgIpc) is 1.82. The van der Waals surface area contributed by atoms with E-state index < -0.39 is 24.0 Å². The Bertz CT molecular complexity index is 216. The Balaban J connectivity index is 5.33. The fourth-order valence-electron chi connectivity index (χ4n) is 0.472. The van der Waals surface area contributed by atoms with Crippen LogP contribution in [0.2, 0.25) is 0 Å². The molecule has 0 aromatic heterocycles. The Kier molecular flexibility index (Phi) is 2.86. The van der Waals surface area contributed by atoms with Crippen molar-refractivity contribution in [1.82, 2.24) is 0 Å². The molecule has 13 heavy (non-hydrogen) atoms. The van der Waals surface area contributed by atoms with E-state index in [1.807, 2.05) is 0 Å². The number of rotatable bonds is 1. The summed E-state index contributed by atoms with van der Waals surface area (Å²) in [5.74, 6) is 0. The summed E-state index contributed by atoms with van der Waals surface area (Å²) >= 11 is 0. The minimum absolute atomic E-state index is 0.576. The third-order valence-corrected chi connectivity index (χ3v) is 1.18. The molecule has 0 atom stereocenters. The van der Waals surface area contributed by atoms with Crippen molar-refractivity contribution in [3.63, 3.8) is 0 Å². The molecule has 0 saturated heterocycles. The van der Waals surface area contributed by atoms with Crippen LogP contribution in [-0.2, 0) is 0 Å². The van der Waals surface area contributed by atoms with Gasteiger partial charge in [0.15, 0.2) is 0 Å². The second-order valence-corrected chi connectivity index (χ2v) is 2.11. The molecule has 0 spiro atoms. The Hall–Kier alpha value is -0.940. The molecule has 1 nitrogen and oxygen atoms in total. The molecule has 0 aliphatic rings. The van der Waals surface area contributed by atoms with Gasteiger partial charge in [0.25, 0.3) is 5.60 Å². The van der Waals surface area contributed by atoms with Crippen LogP contribution in [0.5, 0.6) is 0 Å². The van der Waals surface area contributed by atoms with E-state index in [2.05, 4.69) is 6.58 Å². The molecule has 76 valence electrons. The van der Waals surface area contributed by atoms with Gasteiger partial charge in [-0.3, -0.25) is 0 Å². The summed E-state index contributed by atoms with van der Waals surface area (Å²) in [5.41, 5.74) is -3.62. The molecule has 0 bridgehead atoms. The van der Waals surface area contributed by atoms with E-state index in [-0.39, 0.29) is 0 Å². The topological polar surface area (TPSA) is 20.2 Å². The number of hydrogen-bond acceptors (Lipinski definition) is 1. The zero-order chi connectivity index (χ0) is 10.9. The Morgan fingerprint density at radius 2 is 1.31 bits per heavy atom. The number of hydrogen-bond donors (Lipinski definition) is 1. The highest BCUT2D eigenvalue weighted by Crippen LogP contribution is 2.43. The highest BCUT2D eigenvalue weighted by atomic mass is 19.4. The lowest BCUT2D eigenvalue weighted by Crippen LogP contribution is -2.55. The summed E-state index contributed by atoms with van der Waals surface area (Å²) < 4.78 is 70.3. The minimum atomic E-state index is -5.84. The maximum atomic E-state index is 11.7. The van der Waals surface area contributed by atoms with E-state index in [0.717, 1.165) is 0 Å². The standard InChI is InChI=1S/C6H4F6O/c1-2-3-4(13,5(7,8)9)6(10,11)12/h3,13H,1H2. The molecule has 0 radical (unpaired) electrons. The molecule has 0 saturated carbocycles. The van der Waals surface area contributed by atoms with Gasteiger partial charge in [0.1, 0.15) is 0 Å². The third kappa shape index (κ3) is 2.05. The largest absolute Gasteiger partial charge is 0.430 e. The SMILES string of the molecule is C=C=CC(O)(C(F)(F)F)C(F)(F)F. The maximum Gasteiger partial charge on any atom is 0.430 e. The van der Waals surface area contributed by atoms with Gasteiger partial charge in [-0.05, 0) is 0 Å². The summed E-state index contributed by atoms with van der Waals surface area (Å²) in [5, 5.41) is 8.28. The zero-order valence-electron chi connectivity index (χ0n) is 6.00. The second-order valence-electron chi connectivity index (χ2n) is 2.11. The van der Waals surface area contributed by atoms with Crippen LogP contribution in [0.25, 0.3) is 0 Å². The molecule has 1 N–H and O–H groups in total. The number of halogens is 6. The third-order valence-electron chi connectivity index (χ3n) is 1.18. The van der Waals surface area contributed by atoms with Crippen LogP contribution in [-0.4, -0.2) is 23.1 Å². The van der Waals surface area contributed by atoms with Crippen LogP contribution >= 0.6 is 0 Å². The molecule has 0 fully saturated rings. The first-order valence-electron chi connectivity index (χ1n) is 2.79. The smallest absolute Gasteiger partial charge is 0.369 e. The molecule has 0 rings (SSSR count). The summed E-state index contributed by atoms with van der Waals surface area (Å²) in [6.07, 6.45) is -12.3. The van der Waals surface area contributed by atoms with E-state index in [9.17, 15) is 26.3 Å². The molecule has 0 aliphatic carbocycles. The van der Waals surface area contributed by atoms with E-state index in [1.165, 1.54) is 5.73 Å². The molecule has 7 heteroatoms. The van der Waals surface area contributed by atoms with E-state index >= 15 is 0 Å². The molecular weight excluding hydrogens is 202 g/mol. The summed E-state index contributed by atoms with van der Waals surface area (Å²) in [6.45, 7) is 2.53. The minimum Gasteiger partial charge on any atom is -0.369 e. The van der Waals surface area contributed by atoms with Gasteiger partial charge in [-0.15, -0.1) is 5.73 Å². The Morgan fingerprint density at radius 3 is 1.38 bits per heavy atom. The van der Waals surface area contributed by atoms with Gasteiger partial charge in [-0.25, -0.2) is 0 Å². The van der Waals surface area contributed by atoms with Crippen molar-refractivity contribution in [3.8, 4) is 0 Å². The van der Waals surface area contributed by atoms with Crippen LogP contribution < -0.4 is 0 Å². The molecule has 0 heterocycles. The summed E-state index contributed by atoms with van der Waals surface area (Å²) in [6, 6.07) is 0. The first-order valence-corrected chi connectivity index (χ1v) is 2.79. The highest BCUT2D eigenvalue weighted by molar-refractivity contribution is 5.08. The van der Waals surface area contributed by atoms with Gasteiger partial charge in [0, 0.05) is 6.08 Å². The van der Waals surface area contributed by atoms with Gasteiger partial charge in [-0.1, -0.05) is 6.58 Å². The quantitative estimate of drug-likeness (QED) is 0.515. The van der Waals surface area contributed by atoms with Crippen molar-refractivity contribution < 1.29 is 31.4 Å². The lowest BCUT2D eigenvalue weighted by molar-refractivity contribution is -0.347. The van der Waals surface area contributed by atoms with Crippen molar-refractivity contribution in [1.29, 1.82) is 0 Å². The van der Waals surface area contributed by atoms with Crippen LogP contribution in [0.1, 0.15) is 0 Å². The zero-order valence-corrected chi connectivity index (χ0v) is 6.00. The van der Waals surface area contributed by atoms with Crippen molar-refractivity contribution in [3.05, 3.63) is 18.4 Å². The number of alkyl halides is 6. The molecule has 0 unspecified atom stereocenters. The molecular formula is C6H4F6O. The second kappa shape index (κ2) is 3.08. The van der Waals surface area contributed by atoms with Crippen molar-refractivity contribution in [2.75, 3.05) is 0 Å². The monoisotopic (exact) mass is 206 g/mol. The summed E-state index contributed by atoms with van der Waals surface area (Å²) in [4.78, 5) is 0. The lowest BCUT2D eigenvalue weighted by Gasteiger charge is -2.28. The van der Waals surface area contributed by atoms with Crippen LogP contribution in [0, 0.1) is 0 Å².